The maximum atomic E-state index is 11.9. The van der Waals surface area contributed by atoms with Crippen molar-refractivity contribution in [2.24, 2.45) is 0 Å². The Kier molecular flexibility index (Phi) is 6.00. The largest absolute Gasteiger partial charge is 0.506 e. The summed E-state index contributed by atoms with van der Waals surface area (Å²) in [6, 6.07) is 13.8. The van der Waals surface area contributed by atoms with Crippen LogP contribution in [-0.2, 0) is 11.3 Å². The molecule has 0 aliphatic heterocycles. The van der Waals surface area contributed by atoms with E-state index in [0.717, 1.165) is 5.56 Å². The summed E-state index contributed by atoms with van der Waals surface area (Å²) in [6.07, 6.45) is 0.185. The number of phenolic OH excluding ortho intramolecular Hbond substituents is 1. The third-order valence-corrected chi connectivity index (χ3v) is 3.48. The summed E-state index contributed by atoms with van der Waals surface area (Å²) >= 11 is 5.75. The first-order valence-electron chi connectivity index (χ1n) is 7.13. The molecule has 0 fully saturated rings. The molecule has 0 heterocycles. The summed E-state index contributed by atoms with van der Waals surface area (Å²) in [5, 5.41) is 14.8. The van der Waals surface area contributed by atoms with Gasteiger partial charge in [-0.15, -0.1) is 0 Å². The van der Waals surface area contributed by atoms with Gasteiger partial charge in [0.05, 0.1) is 5.02 Å². The molecular formula is C17H17ClN2O3. The van der Waals surface area contributed by atoms with E-state index in [1.165, 1.54) is 18.2 Å². The third-order valence-electron chi connectivity index (χ3n) is 3.18. The Morgan fingerprint density at radius 2 is 1.78 bits per heavy atom. The molecule has 6 heteroatoms. The number of carbonyl (C=O) groups is 2. The highest BCUT2D eigenvalue weighted by atomic mass is 35.5. The van der Waals surface area contributed by atoms with E-state index in [1.54, 1.807) is 0 Å². The van der Waals surface area contributed by atoms with Crippen LogP contribution in [0.3, 0.4) is 0 Å². The smallest absolute Gasteiger partial charge is 0.251 e. The summed E-state index contributed by atoms with van der Waals surface area (Å²) in [7, 11) is 0. The molecule has 120 valence electrons. The zero-order chi connectivity index (χ0) is 16.7. The predicted octanol–water partition coefficient (Wildman–Crippen LogP) is 2.48. The van der Waals surface area contributed by atoms with Crippen LogP contribution in [-0.4, -0.2) is 23.5 Å². The van der Waals surface area contributed by atoms with Gasteiger partial charge in [-0.3, -0.25) is 9.59 Å². The van der Waals surface area contributed by atoms with Crippen molar-refractivity contribution < 1.29 is 14.7 Å². The molecule has 0 aliphatic rings. The molecule has 2 aromatic rings. The summed E-state index contributed by atoms with van der Waals surface area (Å²) < 4.78 is 0. The minimum atomic E-state index is -0.345. The van der Waals surface area contributed by atoms with Gasteiger partial charge in [-0.1, -0.05) is 41.9 Å². The summed E-state index contributed by atoms with van der Waals surface area (Å²) in [4.78, 5) is 23.6. The van der Waals surface area contributed by atoms with Crippen LogP contribution in [0.5, 0.6) is 5.75 Å². The molecule has 0 bridgehead atoms. The number of carbonyl (C=O) groups excluding carboxylic acids is 2. The monoisotopic (exact) mass is 332 g/mol. The van der Waals surface area contributed by atoms with Gasteiger partial charge in [0, 0.05) is 25.1 Å². The van der Waals surface area contributed by atoms with Crippen molar-refractivity contribution in [3.63, 3.8) is 0 Å². The van der Waals surface area contributed by atoms with E-state index in [-0.39, 0.29) is 35.6 Å². The van der Waals surface area contributed by atoms with Crippen LogP contribution in [0.4, 0.5) is 0 Å². The Balaban J connectivity index is 1.72. The standard InChI is InChI=1S/C17H17ClN2O3/c18-14-10-13(6-7-15(14)21)17(23)19-9-8-16(22)20-11-12-4-2-1-3-5-12/h1-7,10,21H,8-9,11H2,(H,19,23)(H,20,22). The van der Waals surface area contributed by atoms with E-state index < -0.39 is 0 Å². The van der Waals surface area contributed by atoms with Crippen LogP contribution in [0.1, 0.15) is 22.3 Å². The number of aromatic hydroxyl groups is 1. The normalized spacial score (nSPS) is 10.1. The van der Waals surface area contributed by atoms with Gasteiger partial charge in [0.2, 0.25) is 5.91 Å². The molecular weight excluding hydrogens is 316 g/mol. The Bertz CT molecular complexity index is 689. The van der Waals surface area contributed by atoms with E-state index in [1.807, 2.05) is 30.3 Å². The zero-order valence-corrected chi connectivity index (χ0v) is 13.1. The molecule has 3 N–H and O–H groups in total. The first-order chi connectivity index (χ1) is 11.1. The molecule has 0 aliphatic carbocycles. The van der Waals surface area contributed by atoms with Crippen molar-refractivity contribution in [1.82, 2.24) is 10.6 Å². The lowest BCUT2D eigenvalue weighted by Gasteiger charge is -2.07. The molecule has 2 amide bonds. The average Bonchev–Trinajstić information content (AvgIpc) is 2.56. The van der Waals surface area contributed by atoms with Gasteiger partial charge in [-0.25, -0.2) is 0 Å². The maximum Gasteiger partial charge on any atom is 0.251 e. The highest BCUT2D eigenvalue weighted by Crippen LogP contribution is 2.23. The number of hydrogen-bond acceptors (Lipinski definition) is 3. The highest BCUT2D eigenvalue weighted by molar-refractivity contribution is 6.32. The lowest BCUT2D eigenvalue weighted by Crippen LogP contribution is -2.30. The summed E-state index contributed by atoms with van der Waals surface area (Å²) in [5.41, 5.74) is 1.35. The number of nitrogens with one attached hydrogen (secondary N) is 2. The molecule has 0 spiro atoms. The minimum absolute atomic E-state index is 0.0801. The van der Waals surface area contributed by atoms with E-state index in [2.05, 4.69) is 10.6 Å². The van der Waals surface area contributed by atoms with Crippen molar-refractivity contribution in [1.29, 1.82) is 0 Å². The van der Waals surface area contributed by atoms with E-state index >= 15 is 0 Å². The van der Waals surface area contributed by atoms with E-state index in [0.29, 0.717) is 12.1 Å². The topological polar surface area (TPSA) is 78.4 Å². The predicted molar refractivity (Wildman–Crippen MR) is 88.4 cm³/mol. The molecule has 2 rings (SSSR count). The van der Waals surface area contributed by atoms with Crippen molar-refractivity contribution in [3.05, 3.63) is 64.7 Å². The van der Waals surface area contributed by atoms with Crippen molar-refractivity contribution >= 4 is 23.4 Å². The summed E-state index contributed by atoms with van der Waals surface area (Å²) in [6.45, 7) is 0.680. The van der Waals surface area contributed by atoms with Gasteiger partial charge in [0.15, 0.2) is 0 Å². The second-order valence-electron chi connectivity index (χ2n) is 4.93. The molecule has 0 unspecified atom stereocenters. The van der Waals surface area contributed by atoms with Gasteiger partial charge in [-0.05, 0) is 23.8 Å². The molecule has 2 aromatic carbocycles. The van der Waals surface area contributed by atoms with Crippen LogP contribution in [0.2, 0.25) is 5.02 Å². The first kappa shape index (κ1) is 16.8. The fourth-order valence-electron chi connectivity index (χ4n) is 1.92. The van der Waals surface area contributed by atoms with E-state index in [9.17, 15) is 14.7 Å². The van der Waals surface area contributed by atoms with Crippen molar-refractivity contribution in [2.45, 2.75) is 13.0 Å². The van der Waals surface area contributed by atoms with Crippen molar-refractivity contribution in [3.8, 4) is 5.75 Å². The Hall–Kier alpha value is -2.53. The number of hydrogen-bond donors (Lipinski definition) is 3. The van der Waals surface area contributed by atoms with Crippen LogP contribution in [0.25, 0.3) is 0 Å². The zero-order valence-electron chi connectivity index (χ0n) is 12.4. The molecule has 0 atom stereocenters. The highest BCUT2D eigenvalue weighted by Gasteiger charge is 2.09. The molecule has 5 nitrogen and oxygen atoms in total. The molecule has 0 saturated carbocycles. The van der Waals surface area contributed by atoms with E-state index in [4.69, 9.17) is 11.6 Å². The van der Waals surface area contributed by atoms with Gasteiger partial charge in [0.1, 0.15) is 5.75 Å². The first-order valence-corrected chi connectivity index (χ1v) is 7.51. The van der Waals surface area contributed by atoms with Gasteiger partial charge in [0.25, 0.3) is 5.91 Å². The third kappa shape index (κ3) is 5.30. The fourth-order valence-corrected chi connectivity index (χ4v) is 2.11. The molecule has 23 heavy (non-hydrogen) atoms. The second kappa shape index (κ2) is 8.19. The lowest BCUT2D eigenvalue weighted by molar-refractivity contribution is -0.121. The number of phenols is 1. The van der Waals surface area contributed by atoms with Gasteiger partial charge < -0.3 is 15.7 Å². The summed E-state index contributed by atoms with van der Waals surface area (Å²) in [5.74, 6) is -0.566. The SMILES string of the molecule is O=C(CCNC(=O)c1ccc(O)c(Cl)c1)NCc1ccccc1. The van der Waals surface area contributed by atoms with Crippen LogP contribution in [0, 0.1) is 0 Å². The average molecular weight is 333 g/mol. The van der Waals surface area contributed by atoms with Gasteiger partial charge >= 0.3 is 0 Å². The molecule has 0 saturated heterocycles. The fraction of sp³-hybridized carbons (Fsp3) is 0.176. The number of rotatable bonds is 6. The quantitative estimate of drug-likeness (QED) is 0.760. The lowest BCUT2D eigenvalue weighted by atomic mass is 10.2. The molecule has 0 radical (unpaired) electrons. The Morgan fingerprint density at radius 1 is 1.04 bits per heavy atom. The Labute approximate surface area is 139 Å². The van der Waals surface area contributed by atoms with Crippen molar-refractivity contribution in [2.75, 3.05) is 6.54 Å². The van der Waals surface area contributed by atoms with Crippen LogP contribution >= 0.6 is 11.6 Å². The van der Waals surface area contributed by atoms with Gasteiger partial charge in [-0.2, -0.15) is 0 Å². The molecule has 0 aromatic heterocycles. The number of benzene rings is 2. The van der Waals surface area contributed by atoms with Crippen LogP contribution in [0.15, 0.2) is 48.5 Å². The number of halogens is 1. The van der Waals surface area contributed by atoms with Crippen LogP contribution < -0.4 is 10.6 Å². The minimum Gasteiger partial charge on any atom is -0.506 e. The Morgan fingerprint density at radius 3 is 2.48 bits per heavy atom. The second-order valence-corrected chi connectivity index (χ2v) is 5.34. The maximum absolute atomic E-state index is 11.9. The number of amides is 2.